The lowest BCUT2D eigenvalue weighted by atomic mass is 10.0. The van der Waals surface area contributed by atoms with E-state index in [0.717, 1.165) is 0 Å². The molecule has 3 aromatic rings. The minimum atomic E-state index is -1.01. The lowest BCUT2D eigenvalue weighted by molar-refractivity contribution is 0.0699. The molecule has 7 heteroatoms. The topological polar surface area (TPSA) is 84.4 Å². The molecule has 0 spiro atoms. The van der Waals surface area contributed by atoms with Crippen molar-refractivity contribution < 1.29 is 19.4 Å². The van der Waals surface area contributed by atoms with Gasteiger partial charge in [-0.25, -0.2) is 4.79 Å². The highest BCUT2D eigenvalue weighted by Gasteiger charge is 2.17. The van der Waals surface area contributed by atoms with Gasteiger partial charge in [0.15, 0.2) is 0 Å². The standard InChI is InChI=1S/C16H13ClN2O4/c1-22-14-4-3-8(15(19-14)23-2)9-5-10-11(16(20)21)7-18-13(10)6-12(9)17/h3-7,18H,1-2H3,(H,20,21). The van der Waals surface area contributed by atoms with E-state index < -0.39 is 5.97 Å². The summed E-state index contributed by atoms with van der Waals surface area (Å²) in [5, 5.41) is 10.3. The number of benzene rings is 1. The molecule has 6 nitrogen and oxygen atoms in total. The molecule has 0 amide bonds. The van der Waals surface area contributed by atoms with E-state index in [0.29, 0.717) is 38.8 Å². The SMILES string of the molecule is COc1ccc(-c2cc3c(C(=O)O)c[nH]c3cc2Cl)c(OC)n1. The van der Waals surface area contributed by atoms with Gasteiger partial charge in [-0.1, -0.05) is 11.6 Å². The normalized spacial score (nSPS) is 10.7. The molecule has 23 heavy (non-hydrogen) atoms. The highest BCUT2D eigenvalue weighted by atomic mass is 35.5. The number of H-pyrrole nitrogens is 1. The van der Waals surface area contributed by atoms with Gasteiger partial charge >= 0.3 is 5.97 Å². The van der Waals surface area contributed by atoms with Crippen LogP contribution >= 0.6 is 11.6 Å². The maximum absolute atomic E-state index is 11.3. The molecule has 0 aliphatic carbocycles. The fourth-order valence-electron chi connectivity index (χ4n) is 2.42. The zero-order chi connectivity index (χ0) is 16.6. The molecule has 0 radical (unpaired) electrons. The number of pyridine rings is 1. The van der Waals surface area contributed by atoms with Crippen molar-refractivity contribution in [3.63, 3.8) is 0 Å². The number of carboxylic acid groups (broad SMARTS) is 1. The van der Waals surface area contributed by atoms with Crippen LogP contribution < -0.4 is 9.47 Å². The summed E-state index contributed by atoms with van der Waals surface area (Å²) >= 11 is 6.35. The number of carbonyl (C=O) groups is 1. The quantitative estimate of drug-likeness (QED) is 0.762. The summed E-state index contributed by atoms with van der Waals surface area (Å²) in [5.74, 6) is -0.252. The Hall–Kier alpha value is -2.73. The van der Waals surface area contributed by atoms with Crippen LogP contribution in [0.3, 0.4) is 0 Å². The molecule has 0 bridgehead atoms. The predicted octanol–water partition coefficient (Wildman–Crippen LogP) is 3.60. The van der Waals surface area contributed by atoms with Gasteiger partial charge < -0.3 is 19.6 Å². The van der Waals surface area contributed by atoms with E-state index in [1.807, 2.05) is 0 Å². The summed E-state index contributed by atoms with van der Waals surface area (Å²) < 4.78 is 10.4. The van der Waals surface area contributed by atoms with Crippen LogP contribution in [0.15, 0.2) is 30.5 Å². The largest absolute Gasteiger partial charge is 0.481 e. The Morgan fingerprint density at radius 1 is 1.22 bits per heavy atom. The Kier molecular flexibility index (Phi) is 3.83. The number of hydrogen-bond acceptors (Lipinski definition) is 4. The molecule has 118 valence electrons. The third-order valence-corrected chi connectivity index (χ3v) is 3.84. The Balaban J connectivity index is 2.25. The molecule has 0 atom stereocenters. The van der Waals surface area contributed by atoms with Gasteiger partial charge in [-0.2, -0.15) is 4.98 Å². The number of nitrogens with one attached hydrogen (secondary N) is 1. The highest BCUT2D eigenvalue weighted by molar-refractivity contribution is 6.34. The van der Waals surface area contributed by atoms with E-state index in [4.69, 9.17) is 21.1 Å². The van der Waals surface area contributed by atoms with Crippen molar-refractivity contribution in [2.24, 2.45) is 0 Å². The van der Waals surface area contributed by atoms with Crippen LogP contribution in [0.4, 0.5) is 0 Å². The zero-order valence-electron chi connectivity index (χ0n) is 12.4. The fraction of sp³-hybridized carbons (Fsp3) is 0.125. The van der Waals surface area contributed by atoms with E-state index in [-0.39, 0.29) is 5.56 Å². The molecule has 0 saturated carbocycles. The third-order valence-electron chi connectivity index (χ3n) is 3.53. The molecule has 2 N–H and O–H groups in total. The average molecular weight is 333 g/mol. The summed E-state index contributed by atoms with van der Waals surface area (Å²) in [6.07, 6.45) is 1.44. The van der Waals surface area contributed by atoms with Crippen molar-refractivity contribution in [2.75, 3.05) is 14.2 Å². The molecule has 0 aliphatic rings. The second-order valence-corrected chi connectivity index (χ2v) is 5.20. The van der Waals surface area contributed by atoms with E-state index in [1.54, 1.807) is 24.3 Å². The number of aromatic nitrogens is 2. The van der Waals surface area contributed by atoms with Gasteiger partial charge in [-0.15, -0.1) is 0 Å². The first-order valence-electron chi connectivity index (χ1n) is 6.68. The van der Waals surface area contributed by atoms with Gasteiger partial charge in [-0.3, -0.25) is 0 Å². The number of hydrogen-bond donors (Lipinski definition) is 2. The number of carboxylic acids is 1. The van der Waals surface area contributed by atoms with Gasteiger partial charge in [0, 0.05) is 34.3 Å². The van der Waals surface area contributed by atoms with Crippen molar-refractivity contribution in [1.82, 2.24) is 9.97 Å². The molecule has 1 aromatic carbocycles. The van der Waals surface area contributed by atoms with Gasteiger partial charge in [0.1, 0.15) is 0 Å². The predicted molar refractivity (Wildman–Crippen MR) is 86.6 cm³/mol. The van der Waals surface area contributed by atoms with E-state index in [2.05, 4.69) is 9.97 Å². The van der Waals surface area contributed by atoms with Crippen molar-refractivity contribution in [3.05, 3.63) is 41.0 Å². The van der Waals surface area contributed by atoms with Crippen LogP contribution in [0.2, 0.25) is 5.02 Å². The van der Waals surface area contributed by atoms with Crippen LogP contribution in [0.5, 0.6) is 11.8 Å². The number of aromatic amines is 1. The minimum absolute atomic E-state index is 0.179. The van der Waals surface area contributed by atoms with Crippen LogP contribution in [0.25, 0.3) is 22.0 Å². The van der Waals surface area contributed by atoms with Gasteiger partial charge in [0.25, 0.3) is 0 Å². The number of fused-ring (bicyclic) bond motifs is 1. The second-order valence-electron chi connectivity index (χ2n) is 4.80. The molecule has 0 saturated heterocycles. The smallest absolute Gasteiger partial charge is 0.337 e. The van der Waals surface area contributed by atoms with Crippen LogP contribution in [-0.4, -0.2) is 35.3 Å². The number of nitrogens with zero attached hydrogens (tertiary/aromatic N) is 1. The highest BCUT2D eigenvalue weighted by Crippen LogP contribution is 2.38. The monoisotopic (exact) mass is 332 g/mol. The van der Waals surface area contributed by atoms with E-state index >= 15 is 0 Å². The van der Waals surface area contributed by atoms with Crippen molar-refractivity contribution >= 4 is 28.5 Å². The van der Waals surface area contributed by atoms with Crippen molar-refractivity contribution in [3.8, 4) is 22.9 Å². The summed E-state index contributed by atoms with van der Waals surface area (Å²) in [6, 6.07) is 6.85. The Labute approximate surface area is 136 Å². The van der Waals surface area contributed by atoms with Gasteiger partial charge in [-0.05, 0) is 18.2 Å². The summed E-state index contributed by atoms with van der Waals surface area (Å²) in [6.45, 7) is 0. The van der Waals surface area contributed by atoms with Crippen LogP contribution in [0, 0.1) is 0 Å². The van der Waals surface area contributed by atoms with Crippen molar-refractivity contribution in [2.45, 2.75) is 0 Å². The maximum atomic E-state index is 11.3. The summed E-state index contributed by atoms with van der Waals surface area (Å²) in [4.78, 5) is 18.4. The number of aromatic carboxylic acids is 1. The second kappa shape index (κ2) is 5.81. The first-order chi connectivity index (χ1) is 11.0. The van der Waals surface area contributed by atoms with Crippen LogP contribution in [-0.2, 0) is 0 Å². The number of ether oxygens (including phenoxy) is 2. The Morgan fingerprint density at radius 2 is 2.00 bits per heavy atom. The van der Waals surface area contributed by atoms with Gasteiger partial charge in [0.2, 0.25) is 11.8 Å². The first-order valence-corrected chi connectivity index (χ1v) is 7.06. The number of methoxy groups -OCH3 is 2. The molecule has 2 aromatic heterocycles. The average Bonchev–Trinajstić information content (AvgIpc) is 2.96. The van der Waals surface area contributed by atoms with Crippen molar-refractivity contribution in [1.29, 1.82) is 0 Å². The Morgan fingerprint density at radius 3 is 2.65 bits per heavy atom. The van der Waals surface area contributed by atoms with E-state index in [9.17, 15) is 9.90 Å². The number of rotatable bonds is 4. The third kappa shape index (κ3) is 2.57. The van der Waals surface area contributed by atoms with Crippen LogP contribution in [0.1, 0.15) is 10.4 Å². The fourth-order valence-corrected chi connectivity index (χ4v) is 2.69. The minimum Gasteiger partial charge on any atom is -0.481 e. The first kappa shape index (κ1) is 15.2. The molecule has 0 fully saturated rings. The lowest BCUT2D eigenvalue weighted by Gasteiger charge is -2.11. The molecule has 0 aliphatic heterocycles. The lowest BCUT2D eigenvalue weighted by Crippen LogP contribution is -1.96. The number of halogens is 1. The zero-order valence-corrected chi connectivity index (χ0v) is 13.1. The molecule has 2 heterocycles. The Bertz CT molecular complexity index is 904. The molecule has 0 unspecified atom stereocenters. The van der Waals surface area contributed by atoms with E-state index in [1.165, 1.54) is 20.4 Å². The molecular formula is C16H13ClN2O4. The molecular weight excluding hydrogens is 320 g/mol. The molecule has 3 rings (SSSR count). The van der Waals surface area contributed by atoms with Gasteiger partial charge in [0.05, 0.1) is 24.8 Å². The summed E-state index contributed by atoms with van der Waals surface area (Å²) in [7, 11) is 3.01. The summed E-state index contributed by atoms with van der Waals surface area (Å²) in [5.41, 5.74) is 2.11. The maximum Gasteiger partial charge on any atom is 0.337 e.